The minimum atomic E-state index is -0.349. The Balaban J connectivity index is 1.49. The van der Waals surface area contributed by atoms with E-state index in [4.69, 9.17) is 0 Å². The molecule has 3 amide bonds. The van der Waals surface area contributed by atoms with Gasteiger partial charge in [0.25, 0.3) is 5.91 Å². The average Bonchev–Trinajstić information content (AvgIpc) is 2.83. The molecule has 32 heavy (non-hydrogen) atoms. The van der Waals surface area contributed by atoms with Gasteiger partial charge in [0.15, 0.2) is 0 Å². The Hall–Kier alpha value is -3.93. The number of nitrogens with zero attached hydrogens (tertiary/aromatic N) is 1. The minimum Gasteiger partial charge on any atom is -0.343 e. The van der Waals surface area contributed by atoms with Crippen LogP contribution in [0.4, 0.5) is 5.69 Å². The van der Waals surface area contributed by atoms with Gasteiger partial charge in [-0.1, -0.05) is 67.6 Å². The van der Waals surface area contributed by atoms with E-state index in [9.17, 15) is 14.4 Å². The number of anilines is 1. The van der Waals surface area contributed by atoms with Crippen molar-refractivity contribution >= 4 is 23.4 Å². The zero-order valence-electron chi connectivity index (χ0n) is 18.3. The predicted molar refractivity (Wildman–Crippen MR) is 126 cm³/mol. The van der Waals surface area contributed by atoms with E-state index in [0.717, 1.165) is 28.8 Å². The molecule has 0 aliphatic heterocycles. The molecule has 3 aromatic carbocycles. The van der Waals surface area contributed by atoms with Gasteiger partial charge in [-0.3, -0.25) is 14.4 Å². The molecule has 0 heterocycles. The number of amides is 3. The monoisotopic (exact) mass is 429 g/mol. The van der Waals surface area contributed by atoms with Crippen LogP contribution >= 0.6 is 0 Å². The highest BCUT2D eigenvalue weighted by Gasteiger charge is 2.15. The summed E-state index contributed by atoms with van der Waals surface area (Å²) in [6.45, 7) is 1.73. The second-order valence-electron chi connectivity index (χ2n) is 7.43. The molecule has 0 aliphatic carbocycles. The molecule has 0 aromatic heterocycles. The number of likely N-dealkylation sites (N-methyl/N-ethyl adjacent to an activating group) is 1. The first kappa shape index (κ1) is 22.7. The Morgan fingerprint density at radius 1 is 0.812 bits per heavy atom. The molecular formula is C26H27N3O3. The van der Waals surface area contributed by atoms with Crippen LogP contribution in [0.15, 0.2) is 78.9 Å². The van der Waals surface area contributed by atoms with Crippen molar-refractivity contribution in [2.75, 3.05) is 25.5 Å². The fourth-order valence-electron chi connectivity index (χ4n) is 3.28. The highest BCUT2D eigenvalue weighted by Crippen LogP contribution is 2.19. The summed E-state index contributed by atoms with van der Waals surface area (Å²) in [5, 5.41) is 5.45. The molecule has 6 nitrogen and oxygen atoms in total. The van der Waals surface area contributed by atoms with E-state index in [-0.39, 0.29) is 30.8 Å². The molecule has 3 aromatic rings. The first-order valence-corrected chi connectivity index (χ1v) is 10.5. The maximum absolute atomic E-state index is 12.4. The standard InChI is InChI=1S/C26H27N3O3/c1-3-19-9-7-8-12-23(19)28-24(30)18-29(2)25(31)17-27-26(32)22-15-13-21(14-16-22)20-10-5-4-6-11-20/h4-16H,3,17-18H2,1-2H3,(H,27,32)(H,28,30). The third kappa shape index (κ3) is 6.04. The number of para-hydroxylation sites is 1. The average molecular weight is 430 g/mol. The van der Waals surface area contributed by atoms with Crippen molar-refractivity contribution in [1.29, 1.82) is 0 Å². The quantitative estimate of drug-likeness (QED) is 0.573. The first-order chi connectivity index (χ1) is 15.5. The fraction of sp³-hybridized carbons (Fsp3) is 0.192. The fourth-order valence-corrected chi connectivity index (χ4v) is 3.28. The van der Waals surface area contributed by atoms with Crippen molar-refractivity contribution in [3.05, 3.63) is 90.0 Å². The van der Waals surface area contributed by atoms with Gasteiger partial charge in [0.2, 0.25) is 11.8 Å². The Morgan fingerprint density at radius 2 is 1.44 bits per heavy atom. The van der Waals surface area contributed by atoms with E-state index in [1.807, 2.05) is 73.7 Å². The van der Waals surface area contributed by atoms with Crippen molar-refractivity contribution in [1.82, 2.24) is 10.2 Å². The highest BCUT2D eigenvalue weighted by atomic mass is 16.2. The number of benzene rings is 3. The number of aryl methyl sites for hydroxylation is 1. The van der Waals surface area contributed by atoms with E-state index < -0.39 is 0 Å². The Labute approximate surface area is 188 Å². The second kappa shape index (κ2) is 10.9. The van der Waals surface area contributed by atoms with Gasteiger partial charge in [0, 0.05) is 18.3 Å². The number of hydrogen-bond acceptors (Lipinski definition) is 3. The van der Waals surface area contributed by atoms with Crippen LogP contribution in [-0.4, -0.2) is 42.8 Å². The lowest BCUT2D eigenvalue weighted by molar-refractivity contribution is -0.132. The van der Waals surface area contributed by atoms with Gasteiger partial charge in [-0.05, 0) is 41.3 Å². The normalized spacial score (nSPS) is 10.3. The number of carbonyl (C=O) groups excluding carboxylic acids is 3. The second-order valence-corrected chi connectivity index (χ2v) is 7.43. The van der Waals surface area contributed by atoms with Gasteiger partial charge in [0.05, 0.1) is 13.1 Å². The summed E-state index contributed by atoms with van der Waals surface area (Å²) >= 11 is 0. The molecule has 0 fully saturated rings. The summed E-state index contributed by atoms with van der Waals surface area (Å²) in [5.41, 5.74) is 4.31. The van der Waals surface area contributed by atoms with Crippen molar-refractivity contribution < 1.29 is 14.4 Å². The zero-order chi connectivity index (χ0) is 22.9. The molecule has 0 saturated heterocycles. The summed E-state index contributed by atoms with van der Waals surface area (Å²) in [7, 11) is 1.54. The summed E-state index contributed by atoms with van der Waals surface area (Å²) in [5.74, 6) is -0.976. The summed E-state index contributed by atoms with van der Waals surface area (Å²) < 4.78 is 0. The Kier molecular flexibility index (Phi) is 7.75. The molecule has 0 bridgehead atoms. The summed E-state index contributed by atoms with van der Waals surface area (Å²) in [6.07, 6.45) is 0.795. The van der Waals surface area contributed by atoms with Gasteiger partial charge >= 0.3 is 0 Å². The van der Waals surface area contributed by atoms with E-state index >= 15 is 0 Å². The lowest BCUT2D eigenvalue weighted by atomic mass is 10.0. The molecule has 0 saturated carbocycles. The topological polar surface area (TPSA) is 78.5 Å². The summed E-state index contributed by atoms with van der Waals surface area (Å²) in [4.78, 5) is 38.4. The Morgan fingerprint density at radius 3 is 2.12 bits per heavy atom. The summed E-state index contributed by atoms with van der Waals surface area (Å²) in [6, 6.07) is 24.6. The van der Waals surface area contributed by atoms with Crippen LogP contribution in [-0.2, 0) is 16.0 Å². The molecule has 0 radical (unpaired) electrons. The largest absolute Gasteiger partial charge is 0.343 e. The molecule has 0 unspecified atom stereocenters. The van der Waals surface area contributed by atoms with Crippen LogP contribution in [0.25, 0.3) is 11.1 Å². The third-order valence-electron chi connectivity index (χ3n) is 5.13. The predicted octanol–water partition coefficient (Wildman–Crippen LogP) is 3.74. The van der Waals surface area contributed by atoms with Gasteiger partial charge in [0.1, 0.15) is 0 Å². The van der Waals surface area contributed by atoms with Gasteiger partial charge in [-0.2, -0.15) is 0 Å². The van der Waals surface area contributed by atoms with Crippen molar-refractivity contribution in [2.45, 2.75) is 13.3 Å². The number of hydrogen-bond donors (Lipinski definition) is 2. The highest BCUT2D eigenvalue weighted by molar-refractivity contribution is 5.98. The SMILES string of the molecule is CCc1ccccc1NC(=O)CN(C)C(=O)CNC(=O)c1ccc(-c2ccccc2)cc1. The van der Waals surface area contributed by atoms with Crippen LogP contribution in [0.1, 0.15) is 22.8 Å². The molecule has 0 spiro atoms. The smallest absolute Gasteiger partial charge is 0.251 e. The van der Waals surface area contributed by atoms with Crippen LogP contribution in [0.5, 0.6) is 0 Å². The van der Waals surface area contributed by atoms with Gasteiger partial charge in [-0.15, -0.1) is 0 Å². The van der Waals surface area contributed by atoms with Crippen LogP contribution in [0, 0.1) is 0 Å². The molecule has 2 N–H and O–H groups in total. The van der Waals surface area contributed by atoms with Gasteiger partial charge < -0.3 is 15.5 Å². The van der Waals surface area contributed by atoms with E-state index in [1.54, 1.807) is 12.1 Å². The number of rotatable bonds is 8. The van der Waals surface area contributed by atoms with Crippen molar-refractivity contribution in [2.24, 2.45) is 0 Å². The Bertz CT molecular complexity index is 1080. The lowest BCUT2D eigenvalue weighted by Crippen LogP contribution is -2.41. The molecule has 6 heteroatoms. The maximum Gasteiger partial charge on any atom is 0.251 e. The minimum absolute atomic E-state index is 0.0987. The number of carbonyl (C=O) groups is 3. The lowest BCUT2D eigenvalue weighted by Gasteiger charge is -2.18. The van der Waals surface area contributed by atoms with E-state index in [1.165, 1.54) is 11.9 Å². The number of nitrogens with one attached hydrogen (secondary N) is 2. The van der Waals surface area contributed by atoms with Crippen LogP contribution in [0.3, 0.4) is 0 Å². The van der Waals surface area contributed by atoms with E-state index in [0.29, 0.717) is 5.56 Å². The zero-order valence-corrected chi connectivity index (χ0v) is 18.3. The van der Waals surface area contributed by atoms with E-state index in [2.05, 4.69) is 10.6 Å². The van der Waals surface area contributed by atoms with Crippen molar-refractivity contribution in [3.8, 4) is 11.1 Å². The molecular weight excluding hydrogens is 402 g/mol. The van der Waals surface area contributed by atoms with Gasteiger partial charge in [-0.25, -0.2) is 0 Å². The van der Waals surface area contributed by atoms with Crippen LogP contribution in [0.2, 0.25) is 0 Å². The van der Waals surface area contributed by atoms with Crippen LogP contribution < -0.4 is 10.6 Å². The molecule has 0 atom stereocenters. The first-order valence-electron chi connectivity index (χ1n) is 10.5. The molecule has 0 aliphatic rings. The van der Waals surface area contributed by atoms with Crippen molar-refractivity contribution in [3.63, 3.8) is 0 Å². The molecule has 164 valence electrons. The third-order valence-corrected chi connectivity index (χ3v) is 5.13. The molecule has 3 rings (SSSR count). The maximum atomic E-state index is 12.4.